The predicted molar refractivity (Wildman–Crippen MR) is 72.9 cm³/mol. The van der Waals surface area contributed by atoms with Crippen molar-refractivity contribution in [3.8, 4) is 5.75 Å². The molecule has 0 saturated heterocycles. The molecule has 1 aromatic rings. The second-order valence-electron chi connectivity index (χ2n) is 4.81. The summed E-state index contributed by atoms with van der Waals surface area (Å²) in [5, 5.41) is 3.38. The van der Waals surface area contributed by atoms with E-state index in [4.69, 9.17) is 9.47 Å². The van der Waals surface area contributed by atoms with Crippen molar-refractivity contribution in [3.63, 3.8) is 0 Å². The highest BCUT2D eigenvalue weighted by Crippen LogP contribution is 2.39. The Labute approximate surface area is 109 Å². The van der Waals surface area contributed by atoms with Crippen LogP contribution in [0.2, 0.25) is 0 Å². The Morgan fingerprint density at radius 2 is 1.94 bits per heavy atom. The topological polar surface area (TPSA) is 30.5 Å². The van der Waals surface area contributed by atoms with Crippen LogP contribution < -0.4 is 10.1 Å². The molecule has 2 unspecified atom stereocenters. The molecule has 0 amide bonds. The molecular formula is C15H23NO2. The van der Waals surface area contributed by atoms with Gasteiger partial charge < -0.3 is 14.8 Å². The SMILES string of the molecule is CCOc1ccc(C(NC)C(OC)C2CC2)cc1. The van der Waals surface area contributed by atoms with E-state index in [1.165, 1.54) is 18.4 Å². The molecule has 1 fully saturated rings. The van der Waals surface area contributed by atoms with E-state index in [0.29, 0.717) is 12.5 Å². The molecule has 2 atom stereocenters. The lowest BCUT2D eigenvalue weighted by atomic mass is 9.98. The van der Waals surface area contributed by atoms with Crippen molar-refractivity contribution in [1.29, 1.82) is 0 Å². The fraction of sp³-hybridized carbons (Fsp3) is 0.600. The summed E-state index contributed by atoms with van der Waals surface area (Å²) in [6.45, 7) is 2.70. The second-order valence-corrected chi connectivity index (χ2v) is 4.81. The molecule has 0 aromatic heterocycles. The smallest absolute Gasteiger partial charge is 0.119 e. The summed E-state index contributed by atoms with van der Waals surface area (Å²) in [6.07, 6.45) is 2.84. The van der Waals surface area contributed by atoms with Crippen LogP contribution in [0.25, 0.3) is 0 Å². The maximum atomic E-state index is 5.67. The monoisotopic (exact) mass is 249 g/mol. The van der Waals surface area contributed by atoms with Gasteiger partial charge in [0.25, 0.3) is 0 Å². The van der Waals surface area contributed by atoms with Gasteiger partial charge in [0.1, 0.15) is 5.75 Å². The van der Waals surface area contributed by atoms with Gasteiger partial charge in [-0.15, -0.1) is 0 Å². The molecule has 0 heterocycles. The van der Waals surface area contributed by atoms with E-state index in [0.717, 1.165) is 5.75 Å². The molecule has 1 N–H and O–H groups in total. The van der Waals surface area contributed by atoms with Crippen molar-refractivity contribution < 1.29 is 9.47 Å². The number of rotatable bonds is 7. The summed E-state index contributed by atoms with van der Waals surface area (Å²) in [7, 11) is 3.80. The predicted octanol–water partition coefficient (Wildman–Crippen LogP) is 2.77. The molecule has 0 bridgehead atoms. The van der Waals surface area contributed by atoms with Gasteiger partial charge in [0.05, 0.1) is 18.8 Å². The summed E-state index contributed by atoms with van der Waals surface area (Å²) in [6, 6.07) is 8.57. The molecule has 3 heteroatoms. The molecule has 1 aliphatic carbocycles. The van der Waals surface area contributed by atoms with Crippen molar-refractivity contribution in [3.05, 3.63) is 29.8 Å². The summed E-state index contributed by atoms with van der Waals surface area (Å²) in [5.41, 5.74) is 1.26. The third-order valence-electron chi connectivity index (χ3n) is 3.55. The first kappa shape index (κ1) is 13.4. The Morgan fingerprint density at radius 1 is 1.28 bits per heavy atom. The van der Waals surface area contributed by atoms with Crippen LogP contribution in [0.5, 0.6) is 5.75 Å². The van der Waals surface area contributed by atoms with E-state index in [2.05, 4.69) is 17.4 Å². The van der Waals surface area contributed by atoms with Gasteiger partial charge in [-0.2, -0.15) is 0 Å². The zero-order chi connectivity index (χ0) is 13.0. The Morgan fingerprint density at radius 3 is 2.39 bits per heavy atom. The van der Waals surface area contributed by atoms with Crippen LogP contribution in [0.4, 0.5) is 0 Å². The Kier molecular flexibility index (Phi) is 4.61. The van der Waals surface area contributed by atoms with Gasteiger partial charge in [0, 0.05) is 7.11 Å². The lowest BCUT2D eigenvalue weighted by Gasteiger charge is -2.26. The van der Waals surface area contributed by atoms with Crippen LogP contribution >= 0.6 is 0 Å². The molecular weight excluding hydrogens is 226 g/mol. The number of hydrogen-bond donors (Lipinski definition) is 1. The minimum atomic E-state index is 0.262. The maximum Gasteiger partial charge on any atom is 0.119 e. The molecule has 0 radical (unpaired) electrons. The van der Waals surface area contributed by atoms with Crippen LogP contribution in [0.1, 0.15) is 31.4 Å². The number of hydrogen-bond acceptors (Lipinski definition) is 3. The Bertz CT molecular complexity index is 359. The summed E-state index contributed by atoms with van der Waals surface area (Å²) >= 11 is 0. The largest absolute Gasteiger partial charge is 0.494 e. The highest BCUT2D eigenvalue weighted by atomic mass is 16.5. The van der Waals surface area contributed by atoms with Crippen LogP contribution in [0, 0.1) is 5.92 Å². The molecule has 1 saturated carbocycles. The Hall–Kier alpha value is -1.06. The van der Waals surface area contributed by atoms with E-state index in [1.54, 1.807) is 0 Å². The zero-order valence-electron chi connectivity index (χ0n) is 11.5. The molecule has 0 spiro atoms. The molecule has 100 valence electrons. The van der Waals surface area contributed by atoms with Gasteiger partial charge in [0.2, 0.25) is 0 Å². The lowest BCUT2D eigenvalue weighted by Crippen LogP contribution is -2.32. The average molecular weight is 249 g/mol. The molecule has 2 rings (SSSR count). The quantitative estimate of drug-likeness (QED) is 0.806. The van der Waals surface area contributed by atoms with E-state index < -0.39 is 0 Å². The van der Waals surface area contributed by atoms with E-state index in [-0.39, 0.29) is 12.1 Å². The van der Waals surface area contributed by atoms with Crippen LogP contribution in [0.3, 0.4) is 0 Å². The van der Waals surface area contributed by atoms with E-state index in [9.17, 15) is 0 Å². The van der Waals surface area contributed by atoms with Crippen molar-refractivity contribution >= 4 is 0 Å². The second kappa shape index (κ2) is 6.21. The number of ether oxygens (including phenoxy) is 2. The van der Waals surface area contributed by atoms with Gasteiger partial charge in [-0.3, -0.25) is 0 Å². The van der Waals surface area contributed by atoms with Gasteiger partial charge in [-0.05, 0) is 50.4 Å². The van der Waals surface area contributed by atoms with Crippen molar-refractivity contribution in [2.24, 2.45) is 5.92 Å². The van der Waals surface area contributed by atoms with Gasteiger partial charge in [-0.25, -0.2) is 0 Å². The van der Waals surface area contributed by atoms with E-state index in [1.807, 2.05) is 33.2 Å². The fourth-order valence-electron chi connectivity index (χ4n) is 2.48. The summed E-state index contributed by atoms with van der Waals surface area (Å²) in [5.74, 6) is 1.63. The number of benzene rings is 1. The molecule has 0 aliphatic heterocycles. The molecule has 18 heavy (non-hydrogen) atoms. The Balaban J connectivity index is 2.10. The minimum Gasteiger partial charge on any atom is -0.494 e. The maximum absolute atomic E-state index is 5.67. The lowest BCUT2D eigenvalue weighted by molar-refractivity contribution is 0.0530. The highest BCUT2D eigenvalue weighted by Gasteiger charge is 2.36. The van der Waals surface area contributed by atoms with E-state index >= 15 is 0 Å². The normalized spacial score (nSPS) is 18.4. The van der Waals surface area contributed by atoms with Gasteiger partial charge in [0.15, 0.2) is 0 Å². The number of nitrogens with one attached hydrogen (secondary N) is 1. The first-order chi connectivity index (χ1) is 8.80. The standard InChI is InChI=1S/C15H23NO2/c1-4-18-13-9-7-11(8-10-13)14(16-2)15(17-3)12-5-6-12/h7-10,12,14-16H,4-6H2,1-3H3. The third kappa shape index (κ3) is 3.03. The zero-order valence-corrected chi connectivity index (χ0v) is 11.5. The fourth-order valence-corrected chi connectivity index (χ4v) is 2.48. The van der Waals surface area contributed by atoms with Crippen LogP contribution in [-0.4, -0.2) is 26.9 Å². The summed E-state index contributed by atoms with van der Waals surface area (Å²) in [4.78, 5) is 0. The number of likely N-dealkylation sites (N-methyl/N-ethyl adjacent to an activating group) is 1. The van der Waals surface area contributed by atoms with Crippen molar-refractivity contribution in [2.75, 3.05) is 20.8 Å². The van der Waals surface area contributed by atoms with Crippen molar-refractivity contribution in [1.82, 2.24) is 5.32 Å². The van der Waals surface area contributed by atoms with Crippen molar-refractivity contribution in [2.45, 2.75) is 31.9 Å². The molecule has 3 nitrogen and oxygen atoms in total. The first-order valence-corrected chi connectivity index (χ1v) is 6.73. The molecule has 1 aliphatic rings. The van der Waals surface area contributed by atoms with Crippen LogP contribution in [0.15, 0.2) is 24.3 Å². The number of methoxy groups -OCH3 is 1. The highest BCUT2D eigenvalue weighted by molar-refractivity contribution is 5.30. The van der Waals surface area contributed by atoms with Crippen LogP contribution in [-0.2, 0) is 4.74 Å². The average Bonchev–Trinajstić information content (AvgIpc) is 3.22. The van der Waals surface area contributed by atoms with Gasteiger partial charge in [-0.1, -0.05) is 12.1 Å². The minimum absolute atomic E-state index is 0.262. The first-order valence-electron chi connectivity index (χ1n) is 6.73. The third-order valence-corrected chi connectivity index (χ3v) is 3.55. The van der Waals surface area contributed by atoms with Gasteiger partial charge >= 0.3 is 0 Å². The molecule has 1 aromatic carbocycles. The summed E-state index contributed by atoms with van der Waals surface area (Å²) < 4.78 is 11.1.